The van der Waals surface area contributed by atoms with Crippen molar-refractivity contribution in [2.75, 3.05) is 0 Å². The van der Waals surface area contributed by atoms with Crippen LogP contribution < -0.4 is 10.1 Å². The Balaban J connectivity index is 1.22. The highest BCUT2D eigenvalue weighted by atomic mass is 16.5. The number of aromatic nitrogens is 2. The Morgan fingerprint density at radius 1 is 1.07 bits per heavy atom. The summed E-state index contributed by atoms with van der Waals surface area (Å²) in [4.78, 5) is 16.9. The molecule has 2 aromatic carbocycles. The van der Waals surface area contributed by atoms with Crippen LogP contribution in [0.2, 0.25) is 0 Å². The Labute approximate surface area is 167 Å². The predicted octanol–water partition coefficient (Wildman–Crippen LogP) is 3.70. The van der Waals surface area contributed by atoms with Crippen molar-refractivity contribution in [2.24, 2.45) is 0 Å². The van der Waals surface area contributed by atoms with Crippen molar-refractivity contribution < 1.29 is 14.1 Å². The Morgan fingerprint density at radius 2 is 1.86 bits per heavy atom. The molecule has 0 atom stereocenters. The fraction of sp³-hybridized carbons (Fsp3) is 0.174. The molecule has 4 aromatic rings. The lowest BCUT2D eigenvalue weighted by Crippen LogP contribution is -2.35. The van der Waals surface area contributed by atoms with Gasteiger partial charge >= 0.3 is 0 Å². The minimum atomic E-state index is -0.232. The third kappa shape index (κ3) is 3.57. The highest BCUT2D eigenvalue weighted by Gasteiger charge is 2.24. The van der Waals surface area contributed by atoms with Gasteiger partial charge in [0.15, 0.2) is 11.5 Å². The number of nitrogens with one attached hydrogen (secondary N) is 1. The Bertz CT molecular complexity index is 1150. The minimum Gasteiger partial charge on any atom is -0.483 e. The van der Waals surface area contributed by atoms with Crippen LogP contribution >= 0.6 is 0 Å². The molecule has 0 fully saturated rings. The van der Waals surface area contributed by atoms with Crippen LogP contribution in [0.25, 0.3) is 10.9 Å². The zero-order chi connectivity index (χ0) is 19.6. The molecule has 0 saturated carbocycles. The van der Waals surface area contributed by atoms with Gasteiger partial charge in [-0.1, -0.05) is 47.6 Å². The van der Waals surface area contributed by atoms with Crippen LogP contribution in [0.3, 0.4) is 0 Å². The van der Waals surface area contributed by atoms with Crippen molar-refractivity contribution in [3.8, 4) is 5.75 Å². The SMILES string of the molecule is O=C(NC1Cc2ccccc2C1)c1cc(COc2cccc3cccnc23)on1. The summed E-state index contributed by atoms with van der Waals surface area (Å²) >= 11 is 0. The van der Waals surface area contributed by atoms with Gasteiger partial charge in [-0.3, -0.25) is 9.78 Å². The summed E-state index contributed by atoms with van der Waals surface area (Å²) in [6.45, 7) is 0.171. The molecule has 1 amide bonds. The molecular formula is C23H19N3O3. The summed E-state index contributed by atoms with van der Waals surface area (Å²) in [6.07, 6.45) is 3.40. The van der Waals surface area contributed by atoms with E-state index in [1.807, 2.05) is 42.5 Å². The molecule has 29 heavy (non-hydrogen) atoms. The largest absolute Gasteiger partial charge is 0.483 e. The first-order valence-electron chi connectivity index (χ1n) is 9.56. The van der Waals surface area contributed by atoms with Gasteiger partial charge in [-0.25, -0.2) is 0 Å². The van der Waals surface area contributed by atoms with Crippen LogP contribution in [0.5, 0.6) is 5.75 Å². The van der Waals surface area contributed by atoms with E-state index < -0.39 is 0 Å². The van der Waals surface area contributed by atoms with E-state index in [1.54, 1.807) is 12.3 Å². The summed E-state index contributed by atoms with van der Waals surface area (Å²) < 4.78 is 11.1. The number of fused-ring (bicyclic) bond motifs is 2. The highest BCUT2D eigenvalue weighted by molar-refractivity contribution is 5.92. The van der Waals surface area contributed by atoms with E-state index in [2.05, 4.69) is 27.6 Å². The monoisotopic (exact) mass is 385 g/mol. The van der Waals surface area contributed by atoms with E-state index in [4.69, 9.17) is 9.26 Å². The number of amides is 1. The maximum atomic E-state index is 12.5. The second-order valence-electron chi connectivity index (χ2n) is 7.15. The summed E-state index contributed by atoms with van der Waals surface area (Å²) in [5, 5.41) is 7.94. The van der Waals surface area contributed by atoms with E-state index in [1.165, 1.54) is 11.1 Å². The van der Waals surface area contributed by atoms with Gasteiger partial charge in [0.2, 0.25) is 0 Å². The van der Waals surface area contributed by atoms with Crippen LogP contribution in [0.15, 0.2) is 71.4 Å². The fourth-order valence-corrected chi connectivity index (χ4v) is 3.75. The molecule has 0 radical (unpaired) electrons. The van der Waals surface area contributed by atoms with E-state index in [0.29, 0.717) is 11.5 Å². The molecule has 0 saturated heterocycles. The second kappa shape index (κ2) is 7.39. The normalized spacial score (nSPS) is 13.4. The summed E-state index contributed by atoms with van der Waals surface area (Å²) in [5.74, 6) is 0.914. The number of pyridine rings is 1. The predicted molar refractivity (Wildman–Crippen MR) is 108 cm³/mol. The third-order valence-electron chi connectivity index (χ3n) is 5.14. The van der Waals surface area contributed by atoms with Crippen LogP contribution in [0, 0.1) is 0 Å². The van der Waals surface area contributed by atoms with Crippen molar-refractivity contribution in [2.45, 2.75) is 25.5 Å². The number of hydrogen-bond donors (Lipinski definition) is 1. The van der Waals surface area contributed by atoms with Gasteiger partial charge < -0.3 is 14.6 Å². The van der Waals surface area contributed by atoms with Crippen molar-refractivity contribution in [3.05, 3.63) is 89.4 Å². The molecule has 5 rings (SSSR count). The first kappa shape index (κ1) is 17.4. The zero-order valence-corrected chi connectivity index (χ0v) is 15.7. The van der Waals surface area contributed by atoms with Gasteiger partial charge in [-0.15, -0.1) is 0 Å². The van der Waals surface area contributed by atoms with E-state index >= 15 is 0 Å². The maximum absolute atomic E-state index is 12.5. The Morgan fingerprint density at radius 3 is 2.69 bits per heavy atom. The number of hydrogen-bond acceptors (Lipinski definition) is 5. The lowest BCUT2D eigenvalue weighted by molar-refractivity contribution is 0.0929. The van der Waals surface area contributed by atoms with E-state index in [9.17, 15) is 4.79 Å². The lowest BCUT2D eigenvalue weighted by atomic mass is 10.1. The fourth-order valence-electron chi connectivity index (χ4n) is 3.75. The minimum absolute atomic E-state index is 0.0815. The molecule has 144 valence electrons. The second-order valence-corrected chi connectivity index (χ2v) is 7.15. The van der Waals surface area contributed by atoms with Gasteiger partial charge in [0.1, 0.15) is 17.9 Å². The summed E-state index contributed by atoms with van der Waals surface area (Å²) in [6, 6.07) is 19.6. The molecule has 0 aliphatic heterocycles. The molecule has 6 heteroatoms. The van der Waals surface area contributed by atoms with Crippen molar-refractivity contribution in [1.29, 1.82) is 0 Å². The maximum Gasteiger partial charge on any atom is 0.273 e. The third-order valence-corrected chi connectivity index (χ3v) is 5.14. The summed E-state index contributed by atoms with van der Waals surface area (Å²) in [7, 11) is 0. The molecule has 0 bridgehead atoms. The van der Waals surface area contributed by atoms with Gasteiger partial charge in [-0.05, 0) is 36.1 Å². The number of ether oxygens (including phenoxy) is 1. The molecule has 1 aliphatic rings. The molecule has 0 spiro atoms. The molecule has 2 heterocycles. The van der Waals surface area contributed by atoms with Crippen molar-refractivity contribution in [1.82, 2.24) is 15.5 Å². The number of nitrogens with zero attached hydrogens (tertiary/aromatic N) is 2. The first-order chi connectivity index (χ1) is 14.3. The highest BCUT2D eigenvalue weighted by Crippen LogP contribution is 2.24. The molecular weight excluding hydrogens is 366 g/mol. The Kier molecular flexibility index (Phi) is 4.44. The number of carbonyl (C=O) groups is 1. The van der Waals surface area contributed by atoms with E-state index in [0.717, 1.165) is 23.7 Å². The van der Waals surface area contributed by atoms with Crippen LogP contribution in [0.4, 0.5) is 0 Å². The van der Waals surface area contributed by atoms with Crippen molar-refractivity contribution >= 4 is 16.8 Å². The quantitative estimate of drug-likeness (QED) is 0.567. The lowest BCUT2D eigenvalue weighted by Gasteiger charge is -2.10. The number of benzene rings is 2. The van der Waals surface area contributed by atoms with E-state index in [-0.39, 0.29) is 24.2 Å². The smallest absolute Gasteiger partial charge is 0.273 e. The Hall–Kier alpha value is -3.67. The zero-order valence-electron chi connectivity index (χ0n) is 15.7. The van der Waals surface area contributed by atoms with Crippen LogP contribution in [-0.2, 0) is 19.4 Å². The molecule has 2 aromatic heterocycles. The van der Waals surface area contributed by atoms with Crippen molar-refractivity contribution in [3.63, 3.8) is 0 Å². The summed E-state index contributed by atoms with van der Waals surface area (Å²) in [5.41, 5.74) is 3.62. The average molecular weight is 385 g/mol. The molecule has 1 aliphatic carbocycles. The molecule has 1 N–H and O–H groups in total. The van der Waals surface area contributed by atoms with Gasteiger partial charge in [0, 0.05) is 23.7 Å². The topological polar surface area (TPSA) is 77.2 Å². The number of rotatable bonds is 5. The first-order valence-corrected chi connectivity index (χ1v) is 9.56. The van der Waals surface area contributed by atoms with Gasteiger partial charge in [0.25, 0.3) is 5.91 Å². The molecule has 0 unspecified atom stereocenters. The average Bonchev–Trinajstić information content (AvgIpc) is 3.38. The van der Waals surface area contributed by atoms with Gasteiger partial charge in [0.05, 0.1) is 0 Å². The van der Waals surface area contributed by atoms with Crippen LogP contribution in [-0.4, -0.2) is 22.1 Å². The van der Waals surface area contributed by atoms with Crippen LogP contribution in [0.1, 0.15) is 27.4 Å². The standard InChI is InChI=1S/C23H19N3O3/c27-23(25-18-11-16-5-1-2-6-17(16)12-18)20-13-19(29-26-20)14-28-21-9-3-7-15-8-4-10-24-22(15)21/h1-10,13,18H,11-12,14H2,(H,25,27). The number of carbonyl (C=O) groups excluding carboxylic acids is 1. The molecule has 6 nitrogen and oxygen atoms in total. The van der Waals surface area contributed by atoms with Gasteiger partial charge in [-0.2, -0.15) is 0 Å². The number of para-hydroxylation sites is 1.